The Balaban J connectivity index is 1.32. The molecule has 1 aliphatic carbocycles. The fourth-order valence-corrected chi connectivity index (χ4v) is 4.14. The lowest BCUT2D eigenvalue weighted by Crippen LogP contribution is -2.50. The molecule has 132 valence electrons. The first-order chi connectivity index (χ1) is 12.2. The lowest BCUT2D eigenvalue weighted by molar-refractivity contribution is 0.0948. The molecule has 0 radical (unpaired) electrons. The fourth-order valence-electron chi connectivity index (χ4n) is 4.14. The van der Waals surface area contributed by atoms with Crippen LogP contribution in [-0.2, 0) is 19.4 Å². The first kappa shape index (κ1) is 16.6. The highest BCUT2D eigenvalue weighted by Gasteiger charge is 2.29. The average Bonchev–Trinajstić information content (AvgIpc) is 3.08. The van der Waals surface area contributed by atoms with Gasteiger partial charge in [-0.3, -0.25) is 9.80 Å². The fraction of sp³-hybridized carbons (Fsp3) is 0.429. The number of halogens is 1. The summed E-state index contributed by atoms with van der Waals surface area (Å²) in [4.78, 5) is 5.09. The Morgan fingerprint density at radius 3 is 2.32 bits per heavy atom. The van der Waals surface area contributed by atoms with E-state index < -0.39 is 0 Å². The molecule has 1 fully saturated rings. The van der Waals surface area contributed by atoms with Gasteiger partial charge in [-0.05, 0) is 41.7 Å². The zero-order valence-corrected chi connectivity index (χ0v) is 14.7. The van der Waals surface area contributed by atoms with Crippen LogP contribution in [0, 0.1) is 5.82 Å². The largest absolute Gasteiger partial charge is 0.494 e. The van der Waals surface area contributed by atoms with Gasteiger partial charge in [0.1, 0.15) is 0 Å². The van der Waals surface area contributed by atoms with Crippen molar-refractivity contribution in [1.82, 2.24) is 9.80 Å². The van der Waals surface area contributed by atoms with Crippen molar-refractivity contribution in [2.75, 3.05) is 33.3 Å². The molecule has 0 unspecified atom stereocenters. The molecule has 0 spiro atoms. The van der Waals surface area contributed by atoms with Gasteiger partial charge in [-0.1, -0.05) is 30.3 Å². The minimum Gasteiger partial charge on any atom is -0.494 e. The van der Waals surface area contributed by atoms with E-state index in [-0.39, 0.29) is 5.82 Å². The first-order valence-corrected chi connectivity index (χ1v) is 9.08. The van der Waals surface area contributed by atoms with Crippen LogP contribution in [0.5, 0.6) is 5.75 Å². The molecule has 0 bridgehead atoms. The van der Waals surface area contributed by atoms with Gasteiger partial charge in [-0.15, -0.1) is 0 Å². The minimum absolute atomic E-state index is 0.295. The summed E-state index contributed by atoms with van der Waals surface area (Å²) in [6.07, 6.45) is 2.37. The summed E-state index contributed by atoms with van der Waals surface area (Å²) in [5.41, 5.74) is 4.15. The Morgan fingerprint density at radius 1 is 1.00 bits per heavy atom. The molecule has 3 nitrogen and oxygen atoms in total. The summed E-state index contributed by atoms with van der Waals surface area (Å²) >= 11 is 0. The molecule has 1 heterocycles. The zero-order chi connectivity index (χ0) is 17.2. The lowest BCUT2D eigenvalue weighted by Gasteiger charge is -2.38. The summed E-state index contributed by atoms with van der Waals surface area (Å²) < 4.78 is 18.6. The van der Waals surface area contributed by atoms with Gasteiger partial charge >= 0.3 is 0 Å². The summed E-state index contributed by atoms with van der Waals surface area (Å²) in [6.45, 7) is 5.20. The van der Waals surface area contributed by atoms with Gasteiger partial charge in [-0.25, -0.2) is 4.39 Å². The van der Waals surface area contributed by atoms with Crippen LogP contribution in [0.15, 0.2) is 42.5 Å². The molecule has 0 amide bonds. The molecule has 2 aromatic rings. The van der Waals surface area contributed by atoms with Crippen molar-refractivity contribution in [2.45, 2.75) is 25.4 Å². The molecule has 4 heteroatoms. The first-order valence-electron chi connectivity index (χ1n) is 9.08. The number of nitrogens with zero attached hydrogens (tertiary/aromatic N) is 2. The van der Waals surface area contributed by atoms with Gasteiger partial charge in [0.05, 0.1) is 7.11 Å². The van der Waals surface area contributed by atoms with Crippen LogP contribution in [0.25, 0.3) is 0 Å². The predicted octanol–water partition coefficient (Wildman–Crippen LogP) is 3.12. The van der Waals surface area contributed by atoms with E-state index in [9.17, 15) is 4.39 Å². The normalized spacial score (nSPS) is 19.1. The molecular formula is C21H25FN2O. The summed E-state index contributed by atoms with van der Waals surface area (Å²) in [5, 5.41) is 0. The second kappa shape index (κ2) is 7.14. The average molecular weight is 340 g/mol. The Labute approximate surface area is 149 Å². The van der Waals surface area contributed by atoms with E-state index in [4.69, 9.17) is 4.74 Å². The lowest BCUT2D eigenvalue weighted by atomic mass is 10.1. The Morgan fingerprint density at radius 2 is 1.68 bits per heavy atom. The minimum atomic E-state index is -0.295. The second-order valence-corrected chi connectivity index (χ2v) is 7.11. The standard InChI is InChI=1S/C21H25FN2O/c1-25-21-12-16(6-7-20(21)22)15-23-8-10-24(11-9-23)19-13-17-4-2-3-5-18(17)14-19/h2-7,12,19H,8-11,13-15H2,1H3. The van der Waals surface area contributed by atoms with Crippen LogP contribution in [-0.4, -0.2) is 49.1 Å². The van der Waals surface area contributed by atoms with E-state index in [1.165, 1.54) is 37.1 Å². The second-order valence-electron chi connectivity index (χ2n) is 7.11. The van der Waals surface area contributed by atoms with Gasteiger partial charge in [0.15, 0.2) is 11.6 Å². The maximum absolute atomic E-state index is 13.5. The number of ether oxygens (including phenoxy) is 1. The molecule has 2 aromatic carbocycles. The van der Waals surface area contributed by atoms with Gasteiger partial charge in [0, 0.05) is 38.8 Å². The van der Waals surface area contributed by atoms with Crippen molar-refractivity contribution in [3.63, 3.8) is 0 Å². The van der Waals surface area contributed by atoms with Crippen LogP contribution in [0.2, 0.25) is 0 Å². The van der Waals surface area contributed by atoms with Crippen molar-refractivity contribution in [3.8, 4) is 5.75 Å². The van der Waals surface area contributed by atoms with E-state index in [2.05, 4.69) is 34.1 Å². The summed E-state index contributed by atoms with van der Waals surface area (Å²) in [6, 6.07) is 14.7. The van der Waals surface area contributed by atoms with Gasteiger partial charge < -0.3 is 4.74 Å². The molecule has 0 N–H and O–H groups in total. The van der Waals surface area contributed by atoms with Crippen molar-refractivity contribution < 1.29 is 9.13 Å². The molecule has 4 rings (SSSR count). The number of rotatable bonds is 4. The van der Waals surface area contributed by atoms with Crippen LogP contribution < -0.4 is 4.74 Å². The third-order valence-corrected chi connectivity index (χ3v) is 5.57. The highest BCUT2D eigenvalue weighted by molar-refractivity contribution is 5.33. The van der Waals surface area contributed by atoms with Crippen molar-refractivity contribution >= 4 is 0 Å². The molecule has 0 aromatic heterocycles. The Kier molecular flexibility index (Phi) is 4.73. The number of methoxy groups -OCH3 is 1. The highest BCUT2D eigenvalue weighted by Crippen LogP contribution is 2.26. The SMILES string of the molecule is COc1cc(CN2CCN(C3Cc4ccccc4C3)CC2)ccc1F. The van der Waals surface area contributed by atoms with Gasteiger partial charge in [0.25, 0.3) is 0 Å². The van der Waals surface area contributed by atoms with Crippen molar-refractivity contribution in [2.24, 2.45) is 0 Å². The molecule has 1 saturated heterocycles. The number of piperazine rings is 1. The van der Waals surface area contributed by atoms with Crippen LogP contribution >= 0.6 is 0 Å². The summed E-state index contributed by atoms with van der Waals surface area (Å²) in [7, 11) is 1.51. The molecule has 25 heavy (non-hydrogen) atoms. The smallest absolute Gasteiger partial charge is 0.165 e. The molecule has 2 aliphatic rings. The van der Waals surface area contributed by atoms with Crippen LogP contribution in [0.1, 0.15) is 16.7 Å². The number of benzene rings is 2. The topological polar surface area (TPSA) is 15.7 Å². The third kappa shape index (κ3) is 3.55. The van der Waals surface area contributed by atoms with E-state index in [0.717, 1.165) is 38.3 Å². The monoisotopic (exact) mass is 340 g/mol. The number of hydrogen-bond donors (Lipinski definition) is 0. The van der Waals surface area contributed by atoms with Crippen molar-refractivity contribution in [3.05, 3.63) is 65.0 Å². The zero-order valence-electron chi connectivity index (χ0n) is 14.7. The predicted molar refractivity (Wildman–Crippen MR) is 97.4 cm³/mol. The molecule has 0 saturated carbocycles. The van der Waals surface area contributed by atoms with Crippen molar-refractivity contribution in [1.29, 1.82) is 0 Å². The number of fused-ring (bicyclic) bond motifs is 1. The third-order valence-electron chi connectivity index (χ3n) is 5.57. The van der Waals surface area contributed by atoms with E-state index in [1.807, 2.05) is 12.1 Å². The maximum Gasteiger partial charge on any atom is 0.165 e. The van der Waals surface area contributed by atoms with Gasteiger partial charge in [0.2, 0.25) is 0 Å². The Bertz CT molecular complexity index is 715. The van der Waals surface area contributed by atoms with Crippen LogP contribution in [0.4, 0.5) is 4.39 Å². The van der Waals surface area contributed by atoms with E-state index in [1.54, 1.807) is 0 Å². The van der Waals surface area contributed by atoms with E-state index >= 15 is 0 Å². The molecule has 0 atom stereocenters. The number of hydrogen-bond acceptors (Lipinski definition) is 3. The Hall–Kier alpha value is -1.91. The highest BCUT2D eigenvalue weighted by atomic mass is 19.1. The maximum atomic E-state index is 13.5. The van der Waals surface area contributed by atoms with E-state index in [0.29, 0.717) is 11.8 Å². The van der Waals surface area contributed by atoms with Crippen LogP contribution in [0.3, 0.4) is 0 Å². The molecular weight excluding hydrogens is 315 g/mol. The van der Waals surface area contributed by atoms with Gasteiger partial charge in [-0.2, -0.15) is 0 Å². The summed E-state index contributed by atoms with van der Waals surface area (Å²) in [5.74, 6) is 0.0386. The quantitative estimate of drug-likeness (QED) is 0.850. The molecule has 1 aliphatic heterocycles.